The van der Waals surface area contributed by atoms with E-state index in [9.17, 15) is 9.18 Å². The van der Waals surface area contributed by atoms with Crippen LogP contribution in [0.4, 0.5) is 10.1 Å². The second-order valence-corrected chi connectivity index (χ2v) is 8.45. The number of imidazole rings is 1. The molecule has 0 aliphatic carbocycles. The smallest absolute Gasteiger partial charge is 0.259 e. The molecule has 1 aliphatic heterocycles. The lowest BCUT2D eigenvalue weighted by molar-refractivity contribution is 0.102. The van der Waals surface area contributed by atoms with Crippen molar-refractivity contribution in [3.8, 4) is 0 Å². The minimum atomic E-state index is -0.478. The van der Waals surface area contributed by atoms with Crippen LogP contribution in [0.1, 0.15) is 45.6 Å². The molecule has 1 aliphatic rings. The summed E-state index contributed by atoms with van der Waals surface area (Å²) in [5, 5.41) is 2.60. The lowest BCUT2D eigenvalue weighted by Gasteiger charge is -2.16. The number of para-hydroxylation sites is 1. The summed E-state index contributed by atoms with van der Waals surface area (Å²) in [6.07, 6.45) is 4.55. The van der Waals surface area contributed by atoms with Crippen molar-refractivity contribution in [2.45, 2.75) is 32.7 Å². The van der Waals surface area contributed by atoms with E-state index in [2.05, 4.69) is 35.8 Å². The van der Waals surface area contributed by atoms with E-state index in [-0.39, 0.29) is 11.6 Å². The molecule has 0 saturated carbocycles. The van der Waals surface area contributed by atoms with Gasteiger partial charge in [-0.2, -0.15) is 0 Å². The number of anilines is 1. The number of benzene rings is 1. The molecule has 4 heterocycles. The van der Waals surface area contributed by atoms with Gasteiger partial charge in [0.2, 0.25) is 0 Å². The topological polar surface area (TPSA) is 75.4 Å². The minimum absolute atomic E-state index is 0.139. The Balaban J connectivity index is 1.28. The Morgan fingerprint density at radius 1 is 1.12 bits per heavy atom. The molecule has 3 aromatic heterocycles. The Bertz CT molecular complexity index is 1330. The first-order valence-corrected chi connectivity index (χ1v) is 11.0. The number of aromatic nitrogens is 4. The molecule has 0 bridgehead atoms. The minimum Gasteiger partial charge on any atom is -0.319 e. The summed E-state index contributed by atoms with van der Waals surface area (Å²) in [7, 11) is 0. The van der Waals surface area contributed by atoms with Gasteiger partial charge >= 0.3 is 0 Å². The summed E-state index contributed by atoms with van der Waals surface area (Å²) in [5.74, 6) is 0.0488. The number of fused-ring (bicyclic) bond motifs is 1. The molecule has 5 rings (SSSR count). The highest BCUT2D eigenvalue weighted by atomic mass is 19.1. The molecule has 0 spiro atoms. The largest absolute Gasteiger partial charge is 0.319 e. The fraction of sp³-hybridized carbons (Fsp3) is 0.280. The number of hydrogen-bond donors (Lipinski definition) is 1. The monoisotopic (exact) mass is 444 g/mol. The summed E-state index contributed by atoms with van der Waals surface area (Å²) in [6.45, 7) is 6.45. The molecular formula is C25H25FN6O. The number of carbonyl (C=O) groups is 1. The summed E-state index contributed by atoms with van der Waals surface area (Å²) in [5.41, 5.74) is 4.28. The zero-order valence-corrected chi connectivity index (χ0v) is 18.6. The molecule has 8 heteroatoms. The van der Waals surface area contributed by atoms with Crippen molar-refractivity contribution in [3.05, 3.63) is 89.1 Å². The van der Waals surface area contributed by atoms with E-state index in [1.165, 1.54) is 17.8 Å². The van der Waals surface area contributed by atoms with Gasteiger partial charge in [0, 0.05) is 31.4 Å². The molecule has 168 valence electrons. The summed E-state index contributed by atoms with van der Waals surface area (Å²) >= 11 is 0. The van der Waals surface area contributed by atoms with Crippen LogP contribution in [0, 0.1) is 19.7 Å². The van der Waals surface area contributed by atoms with Crippen LogP contribution in [0.5, 0.6) is 0 Å². The number of hydrogen-bond acceptors (Lipinski definition) is 5. The number of nitrogens with zero attached hydrogens (tertiary/aromatic N) is 5. The van der Waals surface area contributed by atoms with Gasteiger partial charge in [0.15, 0.2) is 0 Å². The van der Waals surface area contributed by atoms with Crippen LogP contribution >= 0.6 is 0 Å². The number of nitrogens with one attached hydrogen (secondary N) is 1. The van der Waals surface area contributed by atoms with E-state index < -0.39 is 11.7 Å². The first-order valence-electron chi connectivity index (χ1n) is 11.0. The number of pyridine rings is 1. The van der Waals surface area contributed by atoms with Gasteiger partial charge in [0.25, 0.3) is 5.91 Å². The van der Waals surface area contributed by atoms with Crippen molar-refractivity contribution in [1.29, 1.82) is 0 Å². The van der Waals surface area contributed by atoms with E-state index in [0.717, 1.165) is 43.2 Å². The van der Waals surface area contributed by atoms with Gasteiger partial charge in [-0.1, -0.05) is 18.2 Å². The second kappa shape index (κ2) is 8.71. The summed E-state index contributed by atoms with van der Waals surface area (Å²) < 4.78 is 16.0. The highest BCUT2D eigenvalue weighted by molar-refractivity contribution is 6.04. The quantitative estimate of drug-likeness (QED) is 0.501. The highest BCUT2D eigenvalue weighted by Gasteiger charge is 2.28. The molecule has 7 nitrogen and oxygen atoms in total. The Morgan fingerprint density at radius 3 is 2.76 bits per heavy atom. The molecule has 1 saturated heterocycles. The van der Waals surface area contributed by atoms with E-state index >= 15 is 0 Å². The number of carbonyl (C=O) groups excluding carboxylic acids is 1. The summed E-state index contributed by atoms with van der Waals surface area (Å²) in [6, 6.07) is 12.1. The van der Waals surface area contributed by atoms with Crippen molar-refractivity contribution < 1.29 is 9.18 Å². The Hall–Kier alpha value is -3.65. The third kappa shape index (κ3) is 4.21. The predicted molar refractivity (Wildman–Crippen MR) is 124 cm³/mol. The van der Waals surface area contributed by atoms with Crippen molar-refractivity contribution in [2.24, 2.45) is 0 Å². The molecule has 1 N–H and O–H groups in total. The van der Waals surface area contributed by atoms with Crippen LogP contribution in [0.3, 0.4) is 0 Å². The molecule has 1 unspecified atom stereocenters. The van der Waals surface area contributed by atoms with Gasteiger partial charge in [0.05, 0.1) is 28.3 Å². The summed E-state index contributed by atoms with van der Waals surface area (Å²) in [4.78, 5) is 28.8. The number of likely N-dealkylation sites (tertiary alicyclic amines) is 1. The molecule has 4 aromatic rings. The van der Waals surface area contributed by atoms with E-state index in [1.807, 2.05) is 25.1 Å². The van der Waals surface area contributed by atoms with Gasteiger partial charge in [0.1, 0.15) is 17.3 Å². The molecule has 0 radical (unpaired) electrons. The van der Waals surface area contributed by atoms with Crippen molar-refractivity contribution in [3.63, 3.8) is 0 Å². The molecule has 33 heavy (non-hydrogen) atoms. The normalized spacial score (nSPS) is 16.4. The van der Waals surface area contributed by atoms with Crippen molar-refractivity contribution in [2.75, 3.05) is 18.4 Å². The molecule has 1 aromatic carbocycles. The predicted octanol–water partition coefficient (Wildman–Crippen LogP) is 4.12. The Labute approximate surface area is 191 Å². The lowest BCUT2D eigenvalue weighted by Crippen LogP contribution is -2.22. The first-order chi connectivity index (χ1) is 16.0. The zero-order chi connectivity index (χ0) is 22.9. The molecule has 1 atom stereocenters. The molecule has 1 fully saturated rings. The van der Waals surface area contributed by atoms with E-state index in [0.29, 0.717) is 11.3 Å². The molecular weight excluding hydrogens is 419 g/mol. The van der Waals surface area contributed by atoms with Crippen LogP contribution in [0.25, 0.3) is 5.65 Å². The number of rotatable bonds is 5. The van der Waals surface area contributed by atoms with Gasteiger partial charge in [-0.3, -0.25) is 9.69 Å². The van der Waals surface area contributed by atoms with Crippen LogP contribution in [0.15, 0.2) is 54.9 Å². The maximum Gasteiger partial charge on any atom is 0.259 e. The van der Waals surface area contributed by atoms with Gasteiger partial charge in [-0.15, -0.1) is 0 Å². The molecule has 1 amide bonds. The number of amides is 1. The van der Waals surface area contributed by atoms with Gasteiger partial charge in [-0.25, -0.2) is 19.3 Å². The fourth-order valence-corrected chi connectivity index (χ4v) is 4.41. The maximum atomic E-state index is 13.9. The first kappa shape index (κ1) is 21.2. The van der Waals surface area contributed by atoms with E-state index in [1.54, 1.807) is 25.3 Å². The fourth-order valence-electron chi connectivity index (χ4n) is 4.41. The van der Waals surface area contributed by atoms with Crippen LogP contribution in [-0.2, 0) is 6.54 Å². The average molecular weight is 445 g/mol. The van der Waals surface area contributed by atoms with Gasteiger partial charge < -0.3 is 9.72 Å². The van der Waals surface area contributed by atoms with E-state index in [4.69, 9.17) is 0 Å². The van der Waals surface area contributed by atoms with Crippen molar-refractivity contribution in [1.82, 2.24) is 24.3 Å². The number of halogens is 1. The maximum absolute atomic E-state index is 13.9. The third-order valence-corrected chi connectivity index (χ3v) is 6.20. The Morgan fingerprint density at radius 2 is 1.94 bits per heavy atom. The van der Waals surface area contributed by atoms with Crippen LogP contribution in [0.2, 0.25) is 0 Å². The standard InChI is InChI=1S/C25H25FN6O/c1-16-19(25(33)30-21-8-4-3-7-20(21)26)13-27-24(29-16)18-10-12-31(14-18)15-22-17(2)28-23-9-5-6-11-32(22)23/h3-9,11,13,18H,10,12,14-15H2,1-2H3,(H,30,33). The lowest BCUT2D eigenvalue weighted by atomic mass is 10.1. The van der Waals surface area contributed by atoms with Gasteiger partial charge in [-0.05, 0) is 51.1 Å². The Kier molecular flexibility index (Phi) is 5.60. The van der Waals surface area contributed by atoms with Crippen LogP contribution < -0.4 is 5.32 Å². The zero-order valence-electron chi connectivity index (χ0n) is 18.6. The second-order valence-electron chi connectivity index (χ2n) is 8.45. The van der Waals surface area contributed by atoms with Crippen molar-refractivity contribution >= 4 is 17.2 Å². The average Bonchev–Trinajstić information content (AvgIpc) is 3.40. The third-order valence-electron chi connectivity index (χ3n) is 6.20. The highest BCUT2D eigenvalue weighted by Crippen LogP contribution is 2.27. The van der Waals surface area contributed by atoms with Crippen LogP contribution in [-0.4, -0.2) is 43.2 Å². The SMILES string of the molecule is Cc1nc(C2CCN(Cc3c(C)nc4ccccn34)C2)ncc1C(=O)Nc1ccccc1F. The number of aryl methyl sites for hydroxylation is 2.